The topological polar surface area (TPSA) is 38.3 Å². The first-order valence-electron chi connectivity index (χ1n) is 6.61. The van der Waals surface area contributed by atoms with Gasteiger partial charge in [-0.2, -0.15) is 0 Å². The number of rotatable bonds is 8. The molecule has 18 heavy (non-hydrogen) atoms. The third-order valence-electron chi connectivity index (χ3n) is 2.65. The average molecular weight is 249 g/mol. The van der Waals surface area contributed by atoms with Crippen LogP contribution in [0.5, 0.6) is 0 Å². The van der Waals surface area contributed by atoms with Gasteiger partial charge in [-0.1, -0.05) is 44.2 Å². The molecule has 3 nitrogen and oxygen atoms in total. The Labute approximate surface area is 110 Å². The lowest BCUT2D eigenvalue weighted by Gasteiger charge is -2.07. The maximum absolute atomic E-state index is 11.2. The molecule has 0 saturated carbocycles. The highest BCUT2D eigenvalue weighted by molar-refractivity contribution is 5.71. The summed E-state index contributed by atoms with van der Waals surface area (Å²) in [5.74, 6) is -0.143. The van der Waals surface area contributed by atoms with Crippen LogP contribution in [-0.4, -0.2) is 25.7 Å². The maximum atomic E-state index is 11.2. The van der Waals surface area contributed by atoms with E-state index in [1.54, 1.807) is 0 Å². The van der Waals surface area contributed by atoms with Gasteiger partial charge in [0.25, 0.3) is 0 Å². The first kappa shape index (κ1) is 14.7. The van der Waals surface area contributed by atoms with Gasteiger partial charge in [-0.15, -0.1) is 0 Å². The quantitative estimate of drug-likeness (QED) is 0.568. The number of carbonyl (C=O) groups excluding carboxylic acids is 1. The van der Waals surface area contributed by atoms with Gasteiger partial charge in [-0.3, -0.25) is 4.79 Å². The van der Waals surface area contributed by atoms with Gasteiger partial charge in [-0.05, 0) is 31.5 Å². The van der Waals surface area contributed by atoms with Crippen molar-refractivity contribution in [2.45, 2.75) is 26.7 Å². The van der Waals surface area contributed by atoms with Crippen LogP contribution >= 0.6 is 0 Å². The predicted octanol–water partition coefficient (Wildman–Crippen LogP) is 2.41. The van der Waals surface area contributed by atoms with Crippen molar-refractivity contribution < 1.29 is 9.53 Å². The van der Waals surface area contributed by atoms with E-state index in [1.165, 1.54) is 5.56 Å². The molecule has 0 bridgehead atoms. The second-order valence-corrected chi connectivity index (χ2v) is 4.66. The monoisotopic (exact) mass is 249 g/mol. The SMILES string of the molecule is CC(C)C(=O)OCCCNCCc1ccccc1. The number of carbonyl (C=O) groups is 1. The molecule has 0 radical (unpaired) electrons. The van der Waals surface area contributed by atoms with Crippen LogP contribution in [0.15, 0.2) is 30.3 Å². The lowest BCUT2D eigenvalue weighted by Crippen LogP contribution is -2.21. The Bertz CT molecular complexity index is 336. The van der Waals surface area contributed by atoms with Crippen molar-refractivity contribution in [1.29, 1.82) is 0 Å². The summed E-state index contributed by atoms with van der Waals surface area (Å²) < 4.78 is 5.09. The molecule has 0 amide bonds. The van der Waals surface area contributed by atoms with E-state index < -0.39 is 0 Å². The number of nitrogens with one attached hydrogen (secondary N) is 1. The van der Waals surface area contributed by atoms with Crippen LogP contribution in [0.25, 0.3) is 0 Å². The summed E-state index contributed by atoms with van der Waals surface area (Å²) in [6.07, 6.45) is 1.90. The van der Waals surface area contributed by atoms with Crippen LogP contribution in [0.1, 0.15) is 25.8 Å². The Balaban J connectivity index is 1.95. The Morgan fingerprint density at radius 2 is 1.94 bits per heavy atom. The smallest absolute Gasteiger partial charge is 0.308 e. The van der Waals surface area contributed by atoms with E-state index in [-0.39, 0.29) is 11.9 Å². The van der Waals surface area contributed by atoms with Crippen LogP contribution in [-0.2, 0) is 16.0 Å². The van der Waals surface area contributed by atoms with Gasteiger partial charge in [0.05, 0.1) is 12.5 Å². The summed E-state index contributed by atoms with van der Waals surface area (Å²) in [7, 11) is 0. The Hall–Kier alpha value is -1.35. The molecule has 0 unspecified atom stereocenters. The van der Waals surface area contributed by atoms with Gasteiger partial charge in [0.1, 0.15) is 0 Å². The van der Waals surface area contributed by atoms with Crippen molar-refractivity contribution in [2.24, 2.45) is 5.92 Å². The molecule has 1 aromatic rings. The second kappa shape index (κ2) is 8.70. The molecule has 3 heteroatoms. The van der Waals surface area contributed by atoms with E-state index in [0.29, 0.717) is 6.61 Å². The van der Waals surface area contributed by atoms with Gasteiger partial charge in [0.2, 0.25) is 0 Å². The molecule has 1 aromatic carbocycles. The van der Waals surface area contributed by atoms with Crippen molar-refractivity contribution >= 4 is 5.97 Å². The molecule has 0 atom stereocenters. The largest absolute Gasteiger partial charge is 0.465 e. The third-order valence-corrected chi connectivity index (χ3v) is 2.65. The van der Waals surface area contributed by atoms with Gasteiger partial charge < -0.3 is 10.1 Å². The molecule has 1 rings (SSSR count). The third kappa shape index (κ3) is 6.40. The zero-order valence-electron chi connectivity index (χ0n) is 11.3. The Morgan fingerprint density at radius 1 is 1.22 bits per heavy atom. The molecule has 0 aliphatic carbocycles. The lowest BCUT2D eigenvalue weighted by molar-refractivity contribution is -0.147. The standard InChI is InChI=1S/C15H23NO2/c1-13(2)15(17)18-12-6-10-16-11-9-14-7-4-3-5-8-14/h3-5,7-8,13,16H,6,9-12H2,1-2H3. The fourth-order valence-electron chi connectivity index (χ4n) is 1.54. The lowest BCUT2D eigenvalue weighted by atomic mass is 10.1. The van der Waals surface area contributed by atoms with Crippen LogP contribution in [0.4, 0.5) is 0 Å². The van der Waals surface area contributed by atoms with Crippen molar-refractivity contribution in [3.05, 3.63) is 35.9 Å². The van der Waals surface area contributed by atoms with Crippen molar-refractivity contribution in [3.63, 3.8) is 0 Å². The molecule has 0 fully saturated rings. The van der Waals surface area contributed by atoms with Gasteiger partial charge >= 0.3 is 5.97 Å². The minimum Gasteiger partial charge on any atom is -0.465 e. The van der Waals surface area contributed by atoms with Crippen molar-refractivity contribution in [2.75, 3.05) is 19.7 Å². The molecule has 100 valence electrons. The summed E-state index contributed by atoms with van der Waals surface area (Å²) in [5, 5.41) is 3.35. The molecule has 1 N–H and O–H groups in total. The molecule has 0 saturated heterocycles. The summed E-state index contributed by atoms with van der Waals surface area (Å²) in [5.41, 5.74) is 1.34. The van der Waals surface area contributed by atoms with E-state index in [2.05, 4.69) is 29.6 Å². The first-order chi connectivity index (χ1) is 8.70. The maximum Gasteiger partial charge on any atom is 0.308 e. The second-order valence-electron chi connectivity index (χ2n) is 4.66. The highest BCUT2D eigenvalue weighted by Crippen LogP contribution is 1.98. The minimum atomic E-state index is -0.112. The number of hydrogen-bond donors (Lipinski definition) is 1. The van der Waals surface area contributed by atoms with E-state index in [4.69, 9.17) is 4.74 Å². The minimum absolute atomic E-state index is 0.0314. The Kier molecular flexibility index (Phi) is 7.11. The zero-order valence-corrected chi connectivity index (χ0v) is 11.3. The number of ether oxygens (including phenoxy) is 1. The van der Waals surface area contributed by atoms with Crippen LogP contribution in [0.3, 0.4) is 0 Å². The molecular weight excluding hydrogens is 226 g/mol. The zero-order chi connectivity index (χ0) is 13.2. The first-order valence-corrected chi connectivity index (χ1v) is 6.61. The molecule has 0 spiro atoms. The summed E-state index contributed by atoms with van der Waals surface area (Å²) in [6, 6.07) is 10.4. The molecule has 0 heterocycles. The number of esters is 1. The molecule has 0 aromatic heterocycles. The molecular formula is C15H23NO2. The number of benzene rings is 1. The van der Waals surface area contributed by atoms with Crippen LogP contribution in [0, 0.1) is 5.92 Å². The fraction of sp³-hybridized carbons (Fsp3) is 0.533. The summed E-state index contributed by atoms with van der Waals surface area (Å²) in [6.45, 7) is 6.05. The van der Waals surface area contributed by atoms with Crippen LogP contribution in [0.2, 0.25) is 0 Å². The van der Waals surface area contributed by atoms with Gasteiger partial charge in [-0.25, -0.2) is 0 Å². The van der Waals surface area contributed by atoms with Crippen molar-refractivity contribution in [3.8, 4) is 0 Å². The normalized spacial score (nSPS) is 10.6. The van der Waals surface area contributed by atoms with E-state index >= 15 is 0 Å². The van der Waals surface area contributed by atoms with Gasteiger partial charge in [0.15, 0.2) is 0 Å². The van der Waals surface area contributed by atoms with E-state index in [0.717, 1.165) is 25.9 Å². The highest BCUT2D eigenvalue weighted by Gasteiger charge is 2.06. The Morgan fingerprint density at radius 3 is 2.61 bits per heavy atom. The van der Waals surface area contributed by atoms with Gasteiger partial charge in [0, 0.05) is 0 Å². The molecule has 0 aliphatic heterocycles. The number of hydrogen-bond acceptors (Lipinski definition) is 3. The van der Waals surface area contributed by atoms with Crippen LogP contribution < -0.4 is 5.32 Å². The fourth-order valence-corrected chi connectivity index (χ4v) is 1.54. The van der Waals surface area contributed by atoms with Crippen molar-refractivity contribution in [1.82, 2.24) is 5.32 Å². The summed E-state index contributed by atoms with van der Waals surface area (Å²) >= 11 is 0. The van der Waals surface area contributed by atoms with E-state index in [9.17, 15) is 4.79 Å². The average Bonchev–Trinajstić information content (AvgIpc) is 2.38. The predicted molar refractivity (Wildman–Crippen MR) is 73.4 cm³/mol. The summed E-state index contributed by atoms with van der Waals surface area (Å²) in [4.78, 5) is 11.2. The highest BCUT2D eigenvalue weighted by atomic mass is 16.5. The van der Waals surface area contributed by atoms with E-state index in [1.807, 2.05) is 19.9 Å². The molecule has 0 aliphatic rings.